The van der Waals surface area contributed by atoms with Crippen molar-refractivity contribution in [1.29, 1.82) is 0 Å². The first-order valence-electron chi connectivity index (χ1n) is 8.43. The fourth-order valence-electron chi connectivity index (χ4n) is 3.31. The van der Waals surface area contributed by atoms with Gasteiger partial charge in [0.15, 0.2) is 0 Å². The Hall–Kier alpha value is -2.24. The molecular weight excluding hydrogens is 290 g/mol. The van der Waals surface area contributed by atoms with Gasteiger partial charge in [-0.05, 0) is 50.7 Å². The first-order chi connectivity index (χ1) is 11.3. The van der Waals surface area contributed by atoms with Crippen LogP contribution in [0.25, 0.3) is 0 Å². The minimum Gasteiger partial charge on any atom is -0.367 e. The Morgan fingerprint density at radius 3 is 2.61 bits per heavy atom. The molecule has 0 atom stereocenters. The minimum atomic E-state index is -0.00575. The van der Waals surface area contributed by atoms with Gasteiger partial charge in [0.1, 0.15) is 11.6 Å². The van der Waals surface area contributed by atoms with Crippen molar-refractivity contribution in [2.45, 2.75) is 56.5 Å². The van der Waals surface area contributed by atoms with Crippen molar-refractivity contribution in [3.05, 3.63) is 46.8 Å². The Bertz CT molecular complexity index is 732. The molecule has 0 saturated heterocycles. The molecule has 4 rings (SSSR count). The molecule has 1 N–H and O–H groups in total. The van der Waals surface area contributed by atoms with Gasteiger partial charge in [0.05, 0.1) is 6.04 Å². The maximum Gasteiger partial charge on any atom is 0.266 e. The second kappa shape index (κ2) is 6.10. The van der Waals surface area contributed by atoms with Crippen LogP contribution in [0.4, 0.5) is 5.82 Å². The smallest absolute Gasteiger partial charge is 0.266 e. The van der Waals surface area contributed by atoms with Crippen molar-refractivity contribution in [2.75, 3.05) is 5.32 Å². The van der Waals surface area contributed by atoms with Gasteiger partial charge in [-0.1, -0.05) is 0 Å². The molecule has 6 nitrogen and oxygen atoms in total. The van der Waals surface area contributed by atoms with Crippen LogP contribution in [0.5, 0.6) is 0 Å². The second-order valence-corrected chi connectivity index (χ2v) is 6.53. The summed E-state index contributed by atoms with van der Waals surface area (Å²) >= 11 is 0. The van der Waals surface area contributed by atoms with Crippen LogP contribution in [-0.2, 0) is 0 Å². The van der Waals surface area contributed by atoms with E-state index in [9.17, 15) is 4.79 Å². The molecule has 2 saturated carbocycles. The van der Waals surface area contributed by atoms with E-state index in [0.29, 0.717) is 12.0 Å². The van der Waals surface area contributed by atoms with Gasteiger partial charge in [-0.25, -0.2) is 14.6 Å². The van der Waals surface area contributed by atoms with Crippen molar-refractivity contribution in [1.82, 2.24) is 19.7 Å². The molecule has 0 radical (unpaired) electrons. The van der Waals surface area contributed by atoms with Gasteiger partial charge in [-0.15, -0.1) is 0 Å². The summed E-state index contributed by atoms with van der Waals surface area (Å²) in [5.41, 5.74) is -0.00575. The average molecular weight is 311 g/mol. The number of anilines is 1. The molecule has 2 aliphatic carbocycles. The normalized spacial score (nSPS) is 24.3. The first kappa shape index (κ1) is 14.4. The molecule has 6 heteroatoms. The van der Waals surface area contributed by atoms with Gasteiger partial charge in [0, 0.05) is 30.4 Å². The number of nitrogens with one attached hydrogen (secondary N) is 1. The summed E-state index contributed by atoms with van der Waals surface area (Å²) in [5.74, 6) is 2.48. The van der Waals surface area contributed by atoms with Gasteiger partial charge in [0.2, 0.25) is 0 Å². The number of hydrogen-bond donors (Lipinski definition) is 1. The maximum atomic E-state index is 11.9. The third-order valence-electron chi connectivity index (χ3n) is 4.75. The number of rotatable bonds is 4. The molecule has 2 heterocycles. The topological polar surface area (TPSA) is 72.7 Å². The Labute approximate surface area is 135 Å². The standard InChI is InChI=1S/C17H21N5O/c23-16-2-1-10-19-22(16)14-7-5-13(6-8-14)20-15-9-11-18-17(21-15)12-3-4-12/h1-2,9-14H,3-8H2,(H,18,20,21). The van der Waals surface area contributed by atoms with Crippen LogP contribution in [-0.4, -0.2) is 25.8 Å². The van der Waals surface area contributed by atoms with Crippen LogP contribution in [0.1, 0.15) is 56.3 Å². The molecule has 0 aromatic carbocycles. The van der Waals surface area contributed by atoms with Crippen LogP contribution < -0.4 is 10.9 Å². The Kier molecular flexibility index (Phi) is 3.81. The largest absolute Gasteiger partial charge is 0.367 e. The van der Waals surface area contributed by atoms with Crippen molar-refractivity contribution in [2.24, 2.45) is 0 Å². The molecule has 2 aromatic rings. The lowest BCUT2D eigenvalue weighted by atomic mass is 9.91. The van der Waals surface area contributed by atoms with Gasteiger partial charge >= 0.3 is 0 Å². The van der Waals surface area contributed by atoms with Gasteiger partial charge in [-0.3, -0.25) is 4.79 Å². The zero-order valence-corrected chi connectivity index (χ0v) is 13.1. The van der Waals surface area contributed by atoms with E-state index < -0.39 is 0 Å². The highest BCUT2D eigenvalue weighted by molar-refractivity contribution is 5.35. The zero-order chi connectivity index (χ0) is 15.6. The van der Waals surface area contributed by atoms with Gasteiger partial charge in [-0.2, -0.15) is 5.10 Å². The van der Waals surface area contributed by atoms with Gasteiger partial charge < -0.3 is 5.32 Å². The van der Waals surface area contributed by atoms with E-state index >= 15 is 0 Å². The molecule has 0 bridgehead atoms. The Morgan fingerprint density at radius 2 is 1.87 bits per heavy atom. The van der Waals surface area contributed by atoms with Crippen LogP contribution in [0.2, 0.25) is 0 Å². The molecule has 0 spiro atoms. The van der Waals surface area contributed by atoms with E-state index in [2.05, 4.69) is 20.4 Å². The molecule has 2 fully saturated rings. The molecule has 0 amide bonds. The third kappa shape index (κ3) is 3.25. The number of hydrogen-bond acceptors (Lipinski definition) is 5. The molecule has 0 aliphatic heterocycles. The maximum absolute atomic E-state index is 11.9. The number of aromatic nitrogens is 4. The van der Waals surface area contributed by atoms with E-state index in [0.717, 1.165) is 37.3 Å². The summed E-state index contributed by atoms with van der Waals surface area (Å²) in [6.45, 7) is 0. The zero-order valence-electron chi connectivity index (χ0n) is 13.1. The second-order valence-electron chi connectivity index (χ2n) is 6.53. The van der Waals surface area contributed by atoms with E-state index in [-0.39, 0.29) is 11.6 Å². The fraction of sp³-hybridized carbons (Fsp3) is 0.529. The van der Waals surface area contributed by atoms with Gasteiger partial charge in [0.25, 0.3) is 5.56 Å². The average Bonchev–Trinajstić information content (AvgIpc) is 3.42. The van der Waals surface area contributed by atoms with Crippen LogP contribution in [0.3, 0.4) is 0 Å². The minimum absolute atomic E-state index is 0.00575. The molecule has 0 unspecified atom stereocenters. The van der Waals surface area contributed by atoms with Crippen LogP contribution >= 0.6 is 0 Å². The Morgan fingerprint density at radius 1 is 1.04 bits per heavy atom. The summed E-state index contributed by atoms with van der Waals surface area (Å²) in [4.78, 5) is 20.9. The van der Waals surface area contributed by atoms with E-state index in [1.165, 1.54) is 12.8 Å². The lowest BCUT2D eigenvalue weighted by Crippen LogP contribution is -2.33. The summed E-state index contributed by atoms with van der Waals surface area (Å²) < 4.78 is 1.63. The lowest BCUT2D eigenvalue weighted by Gasteiger charge is -2.29. The summed E-state index contributed by atoms with van der Waals surface area (Å²) in [6.07, 6.45) is 9.95. The Balaban J connectivity index is 1.37. The lowest BCUT2D eigenvalue weighted by molar-refractivity contribution is 0.303. The quantitative estimate of drug-likeness (QED) is 0.939. The molecule has 120 valence electrons. The fourth-order valence-corrected chi connectivity index (χ4v) is 3.31. The van der Waals surface area contributed by atoms with Crippen LogP contribution in [0, 0.1) is 0 Å². The molecule has 23 heavy (non-hydrogen) atoms. The monoisotopic (exact) mass is 311 g/mol. The predicted molar refractivity (Wildman–Crippen MR) is 87.4 cm³/mol. The number of nitrogens with zero attached hydrogens (tertiary/aromatic N) is 4. The summed E-state index contributed by atoms with van der Waals surface area (Å²) in [7, 11) is 0. The summed E-state index contributed by atoms with van der Waals surface area (Å²) in [6, 6.07) is 5.85. The highest BCUT2D eigenvalue weighted by atomic mass is 16.1. The molecule has 2 aromatic heterocycles. The van der Waals surface area contributed by atoms with E-state index in [1.807, 2.05) is 12.3 Å². The SMILES string of the molecule is O=c1cccnn1C1CCC(Nc2ccnc(C3CC3)n2)CC1. The van der Waals surface area contributed by atoms with Crippen molar-refractivity contribution in [3.63, 3.8) is 0 Å². The molecule has 2 aliphatic rings. The molecular formula is C17H21N5O. The van der Waals surface area contributed by atoms with Crippen LogP contribution in [0.15, 0.2) is 35.4 Å². The third-order valence-corrected chi connectivity index (χ3v) is 4.75. The van der Waals surface area contributed by atoms with Crippen molar-refractivity contribution < 1.29 is 0 Å². The van der Waals surface area contributed by atoms with Crippen molar-refractivity contribution in [3.8, 4) is 0 Å². The predicted octanol–water partition coefficient (Wildman–Crippen LogP) is 2.51. The van der Waals surface area contributed by atoms with E-state index in [4.69, 9.17) is 0 Å². The van der Waals surface area contributed by atoms with E-state index in [1.54, 1.807) is 23.0 Å². The highest BCUT2D eigenvalue weighted by Crippen LogP contribution is 2.38. The summed E-state index contributed by atoms with van der Waals surface area (Å²) in [5, 5.41) is 7.74. The first-order valence-corrected chi connectivity index (χ1v) is 8.43. The van der Waals surface area contributed by atoms with Crippen molar-refractivity contribution >= 4 is 5.82 Å². The highest BCUT2D eigenvalue weighted by Gasteiger charge is 2.27.